The Hall–Kier alpha value is -2.08. The summed E-state index contributed by atoms with van der Waals surface area (Å²) >= 11 is 1.46. The first-order valence-corrected chi connectivity index (χ1v) is 7.91. The number of unbranched alkanes of at least 4 members (excludes halogenated alkanes) is 1. The van der Waals surface area contributed by atoms with Crippen LogP contribution >= 0.6 is 11.3 Å². The van der Waals surface area contributed by atoms with Crippen molar-refractivity contribution in [3.05, 3.63) is 28.6 Å². The number of rotatable bonds is 7. The number of aliphatic carboxylic acids is 1. The second-order valence-corrected chi connectivity index (χ2v) is 6.08. The Labute approximate surface area is 132 Å². The molecular weight excluding hydrogens is 302 g/mol. The minimum atomic E-state index is -0.805. The number of nitrogens with one attached hydrogen (secondary N) is 1. The highest BCUT2D eigenvalue weighted by molar-refractivity contribution is 7.21. The van der Waals surface area contributed by atoms with E-state index in [0.717, 1.165) is 21.4 Å². The molecular formula is C16H19NO4S. The predicted molar refractivity (Wildman–Crippen MR) is 86.9 cm³/mol. The van der Waals surface area contributed by atoms with Crippen LogP contribution in [0.5, 0.6) is 5.75 Å². The van der Waals surface area contributed by atoms with Gasteiger partial charge < -0.3 is 15.2 Å². The van der Waals surface area contributed by atoms with Crippen molar-refractivity contribution >= 4 is 33.3 Å². The quantitative estimate of drug-likeness (QED) is 0.768. The Balaban J connectivity index is 2.02. The van der Waals surface area contributed by atoms with Gasteiger partial charge in [0, 0.05) is 17.7 Å². The molecule has 118 valence electrons. The van der Waals surface area contributed by atoms with Gasteiger partial charge in [-0.15, -0.1) is 11.3 Å². The summed E-state index contributed by atoms with van der Waals surface area (Å²) in [6.07, 6.45) is 1.37. The first-order valence-electron chi connectivity index (χ1n) is 7.10. The van der Waals surface area contributed by atoms with Crippen LogP contribution in [0.2, 0.25) is 0 Å². The average Bonchev–Trinajstić information content (AvgIpc) is 2.83. The maximum Gasteiger partial charge on any atom is 0.303 e. The number of hydrogen-bond acceptors (Lipinski definition) is 4. The molecule has 1 aromatic heterocycles. The van der Waals surface area contributed by atoms with Gasteiger partial charge in [-0.1, -0.05) is 0 Å². The molecule has 2 N–H and O–H groups in total. The number of carboxylic acid groups (broad SMARTS) is 1. The van der Waals surface area contributed by atoms with Crippen LogP contribution in [0.25, 0.3) is 10.1 Å². The highest BCUT2D eigenvalue weighted by Gasteiger charge is 2.15. The number of carbonyl (C=O) groups is 2. The van der Waals surface area contributed by atoms with Crippen LogP contribution in [0, 0.1) is 6.92 Å². The number of fused-ring (bicyclic) bond motifs is 1. The fraction of sp³-hybridized carbons (Fsp3) is 0.375. The minimum absolute atomic E-state index is 0.104. The summed E-state index contributed by atoms with van der Waals surface area (Å²) in [6, 6.07) is 5.77. The summed E-state index contributed by atoms with van der Waals surface area (Å²) in [7, 11) is 1.62. The van der Waals surface area contributed by atoms with Gasteiger partial charge in [-0.25, -0.2) is 0 Å². The van der Waals surface area contributed by atoms with Gasteiger partial charge in [-0.3, -0.25) is 9.59 Å². The van der Waals surface area contributed by atoms with Crippen molar-refractivity contribution in [2.75, 3.05) is 13.7 Å². The van der Waals surface area contributed by atoms with E-state index < -0.39 is 5.97 Å². The molecule has 0 bridgehead atoms. The first-order chi connectivity index (χ1) is 10.5. The Morgan fingerprint density at radius 2 is 2.09 bits per heavy atom. The number of thiophene rings is 1. The number of aryl methyl sites for hydroxylation is 1. The fourth-order valence-corrected chi connectivity index (χ4v) is 3.33. The van der Waals surface area contributed by atoms with E-state index in [1.54, 1.807) is 7.11 Å². The zero-order valence-electron chi connectivity index (χ0n) is 12.6. The lowest BCUT2D eigenvalue weighted by atomic mass is 10.1. The molecule has 1 aromatic carbocycles. The van der Waals surface area contributed by atoms with Gasteiger partial charge in [0.2, 0.25) is 0 Å². The van der Waals surface area contributed by atoms with E-state index in [9.17, 15) is 9.59 Å². The molecule has 0 unspecified atom stereocenters. The van der Waals surface area contributed by atoms with E-state index in [1.165, 1.54) is 11.3 Å². The van der Waals surface area contributed by atoms with E-state index in [0.29, 0.717) is 24.3 Å². The van der Waals surface area contributed by atoms with Crippen molar-refractivity contribution < 1.29 is 19.4 Å². The van der Waals surface area contributed by atoms with Gasteiger partial charge in [0.05, 0.1) is 12.0 Å². The normalized spacial score (nSPS) is 10.6. The third kappa shape index (κ3) is 3.76. The van der Waals surface area contributed by atoms with Crippen molar-refractivity contribution in [3.8, 4) is 5.75 Å². The molecule has 0 fully saturated rings. The highest BCUT2D eigenvalue weighted by atomic mass is 32.1. The van der Waals surface area contributed by atoms with E-state index >= 15 is 0 Å². The number of amides is 1. The Morgan fingerprint density at radius 3 is 2.77 bits per heavy atom. The SMILES string of the molecule is COc1ccc2sc(C(=O)NCCCCC(=O)O)c(C)c2c1. The molecule has 0 saturated carbocycles. The third-order valence-electron chi connectivity index (χ3n) is 3.45. The van der Waals surface area contributed by atoms with Gasteiger partial charge in [-0.2, -0.15) is 0 Å². The molecule has 0 saturated heterocycles. The molecule has 1 amide bonds. The van der Waals surface area contributed by atoms with Crippen molar-refractivity contribution in [1.29, 1.82) is 0 Å². The van der Waals surface area contributed by atoms with Crippen molar-refractivity contribution in [1.82, 2.24) is 5.32 Å². The van der Waals surface area contributed by atoms with Gasteiger partial charge in [0.1, 0.15) is 5.75 Å². The topological polar surface area (TPSA) is 75.6 Å². The molecule has 0 aliphatic heterocycles. The Morgan fingerprint density at radius 1 is 1.32 bits per heavy atom. The van der Waals surface area contributed by atoms with Gasteiger partial charge in [0.15, 0.2) is 0 Å². The Kier molecular flexibility index (Phi) is 5.38. The lowest BCUT2D eigenvalue weighted by Crippen LogP contribution is -2.24. The highest BCUT2D eigenvalue weighted by Crippen LogP contribution is 2.33. The van der Waals surface area contributed by atoms with Gasteiger partial charge in [-0.05, 0) is 48.9 Å². The summed E-state index contributed by atoms with van der Waals surface area (Å²) < 4.78 is 6.26. The van der Waals surface area contributed by atoms with Gasteiger partial charge >= 0.3 is 5.97 Å². The molecule has 0 aliphatic carbocycles. The third-order valence-corrected chi connectivity index (χ3v) is 4.72. The lowest BCUT2D eigenvalue weighted by Gasteiger charge is -2.03. The molecule has 22 heavy (non-hydrogen) atoms. The molecule has 0 spiro atoms. The molecule has 0 atom stereocenters. The zero-order valence-corrected chi connectivity index (χ0v) is 13.5. The van der Waals surface area contributed by atoms with Crippen LogP contribution in [0.1, 0.15) is 34.5 Å². The van der Waals surface area contributed by atoms with Crippen LogP contribution in [-0.4, -0.2) is 30.6 Å². The predicted octanol–water partition coefficient (Wildman–Crippen LogP) is 3.20. The Bertz CT molecular complexity index is 693. The summed E-state index contributed by atoms with van der Waals surface area (Å²) in [5, 5.41) is 12.4. The number of benzene rings is 1. The minimum Gasteiger partial charge on any atom is -0.497 e. The van der Waals surface area contributed by atoms with Crippen molar-refractivity contribution in [3.63, 3.8) is 0 Å². The summed E-state index contributed by atoms with van der Waals surface area (Å²) in [5.41, 5.74) is 0.946. The fourth-order valence-electron chi connectivity index (χ4n) is 2.23. The van der Waals surface area contributed by atoms with Crippen LogP contribution in [0.15, 0.2) is 18.2 Å². The van der Waals surface area contributed by atoms with Crippen molar-refractivity contribution in [2.24, 2.45) is 0 Å². The standard InChI is InChI=1S/C16H19NO4S/c1-10-12-9-11(21-2)6-7-13(12)22-15(10)16(20)17-8-4-3-5-14(18)19/h6-7,9H,3-5,8H2,1-2H3,(H,17,20)(H,18,19). The summed E-state index contributed by atoms with van der Waals surface area (Å²) in [4.78, 5) is 23.4. The smallest absolute Gasteiger partial charge is 0.303 e. The molecule has 0 radical (unpaired) electrons. The zero-order chi connectivity index (χ0) is 16.1. The number of ether oxygens (including phenoxy) is 1. The monoisotopic (exact) mass is 321 g/mol. The number of hydrogen-bond donors (Lipinski definition) is 2. The van der Waals surface area contributed by atoms with Crippen LogP contribution < -0.4 is 10.1 Å². The largest absolute Gasteiger partial charge is 0.497 e. The first kappa shape index (κ1) is 16.3. The second kappa shape index (κ2) is 7.26. The lowest BCUT2D eigenvalue weighted by molar-refractivity contribution is -0.137. The second-order valence-electron chi connectivity index (χ2n) is 5.03. The molecule has 2 aromatic rings. The van der Waals surface area contributed by atoms with Gasteiger partial charge in [0.25, 0.3) is 5.91 Å². The number of carboxylic acids is 1. The van der Waals surface area contributed by atoms with E-state index in [2.05, 4.69) is 5.32 Å². The van der Waals surface area contributed by atoms with E-state index in [1.807, 2.05) is 25.1 Å². The summed E-state index contributed by atoms with van der Waals surface area (Å²) in [6.45, 7) is 2.42. The van der Waals surface area contributed by atoms with E-state index in [4.69, 9.17) is 9.84 Å². The maximum atomic E-state index is 12.2. The van der Waals surface area contributed by atoms with Crippen molar-refractivity contribution in [2.45, 2.75) is 26.2 Å². The van der Waals surface area contributed by atoms with Crippen LogP contribution in [0.4, 0.5) is 0 Å². The average molecular weight is 321 g/mol. The molecule has 2 rings (SSSR count). The molecule has 5 nitrogen and oxygen atoms in total. The number of carbonyl (C=O) groups excluding carboxylic acids is 1. The van der Waals surface area contributed by atoms with E-state index in [-0.39, 0.29) is 12.3 Å². The van der Waals surface area contributed by atoms with Crippen LogP contribution in [0.3, 0.4) is 0 Å². The molecule has 1 heterocycles. The summed E-state index contributed by atoms with van der Waals surface area (Å²) in [5.74, 6) is -0.136. The maximum absolute atomic E-state index is 12.2. The molecule has 0 aliphatic rings. The molecule has 6 heteroatoms. The van der Waals surface area contributed by atoms with Crippen LogP contribution in [-0.2, 0) is 4.79 Å². The number of methoxy groups -OCH3 is 1.